The van der Waals surface area contributed by atoms with Gasteiger partial charge < -0.3 is 20.1 Å². The minimum atomic E-state index is -0.556. The summed E-state index contributed by atoms with van der Waals surface area (Å²) >= 11 is 7.61. The number of hydrogen-bond acceptors (Lipinski definition) is 7. The summed E-state index contributed by atoms with van der Waals surface area (Å²) in [7, 11) is 0. The summed E-state index contributed by atoms with van der Waals surface area (Å²) in [5.41, 5.74) is 1.11. The Labute approximate surface area is 218 Å². The van der Waals surface area contributed by atoms with Gasteiger partial charge in [0.1, 0.15) is 22.2 Å². The van der Waals surface area contributed by atoms with Gasteiger partial charge >= 0.3 is 12.1 Å². The van der Waals surface area contributed by atoms with Crippen molar-refractivity contribution < 1.29 is 19.1 Å². The smallest absolute Gasteiger partial charge is 0.407 e. The Kier molecular flexibility index (Phi) is 7.70. The van der Waals surface area contributed by atoms with Crippen LogP contribution in [-0.4, -0.2) is 45.1 Å². The molecule has 3 heterocycles. The summed E-state index contributed by atoms with van der Waals surface area (Å²) in [6, 6.07) is 4.75. The standard InChI is InChI=1S/C24H29ClN6O4S/c1-14(27-23(33)35-24(2,3)4)11-31-12-15(10-26-31)21-29-19(13-36-21)30-22(32)28-18-8-9-34-20-16(18)6-5-7-17(20)25/h5-7,10,12-14,18H,8-9,11H2,1-4H3,(H,27,33)(H2,28,30,32)/t14?,18-/m0/s1. The fourth-order valence-corrected chi connectivity index (χ4v) is 4.68. The van der Waals surface area contributed by atoms with Crippen LogP contribution in [0.4, 0.5) is 15.4 Å². The highest BCUT2D eigenvalue weighted by Crippen LogP contribution is 2.37. The number of carbonyl (C=O) groups is 2. The van der Waals surface area contributed by atoms with Crippen LogP contribution in [0.5, 0.6) is 5.75 Å². The monoisotopic (exact) mass is 532 g/mol. The predicted octanol–water partition coefficient (Wildman–Crippen LogP) is 5.22. The molecule has 3 aromatic rings. The Morgan fingerprint density at radius 1 is 1.36 bits per heavy atom. The molecule has 0 fully saturated rings. The zero-order valence-corrected chi connectivity index (χ0v) is 22.1. The van der Waals surface area contributed by atoms with Gasteiger partial charge in [-0.05, 0) is 33.8 Å². The summed E-state index contributed by atoms with van der Waals surface area (Å²) in [4.78, 5) is 29.1. The first kappa shape index (κ1) is 25.8. The van der Waals surface area contributed by atoms with E-state index in [9.17, 15) is 9.59 Å². The van der Waals surface area contributed by atoms with E-state index in [1.165, 1.54) is 11.3 Å². The molecule has 2 aromatic heterocycles. The normalized spacial score (nSPS) is 15.9. The number of alkyl carbamates (subject to hydrolysis) is 1. The van der Waals surface area contributed by atoms with E-state index in [2.05, 4.69) is 26.0 Å². The van der Waals surface area contributed by atoms with E-state index in [0.717, 1.165) is 11.1 Å². The molecule has 10 nitrogen and oxygen atoms in total. The molecule has 0 saturated carbocycles. The Bertz CT molecular complexity index is 1240. The van der Waals surface area contributed by atoms with Crippen LogP contribution in [0.2, 0.25) is 5.02 Å². The SMILES string of the molecule is CC(Cn1cc(-c2nc(NC(=O)N[C@H]3CCOc4c(Cl)cccc43)cs2)cn1)NC(=O)OC(C)(C)C. The number of amides is 3. The predicted molar refractivity (Wildman–Crippen MR) is 139 cm³/mol. The third-order valence-electron chi connectivity index (χ3n) is 5.18. The number of urea groups is 1. The second kappa shape index (κ2) is 10.8. The Morgan fingerprint density at radius 2 is 2.17 bits per heavy atom. The van der Waals surface area contributed by atoms with Crippen LogP contribution in [0, 0.1) is 0 Å². The average Bonchev–Trinajstić information content (AvgIpc) is 3.42. The number of para-hydroxylation sites is 1. The lowest BCUT2D eigenvalue weighted by Gasteiger charge is -2.27. The highest BCUT2D eigenvalue weighted by Gasteiger charge is 2.25. The molecule has 1 unspecified atom stereocenters. The van der Waals surface area contributed by atoms with Gasteiger partial charge in [-0.1, -0.05) is 23.7 Å². The van der Waals surface area contributed by atoms with E-state index >= 15 is 0 Å². The minimum Gasteiger partial charge on any atom is -0.492 e. The van der Waals surface area contributed by atoms with Crippen molar-refractivity contribution in [3.63, 3.8) is 0 Å². The third-order valence-corrected chi connectivity index (χ3v) is 6.37. The van der Waals surface area contributed by atoms with Gasteiger partial charge in [-0.15, -0.1) is 11.3 Å². The van der Waals surface area contributed by atoms with Gasteiger partial charge in [-0.25, -0.2) is 14.6 Å². The second-order valence-corrected chi connectivity index (χ2v) is 10.7. The lowest BCUT2D eigenvalue weighted by molar-refractivity contribution is 0.0503. The number of anilines is 1. The van der Waals surface area contributed by atoms with Crippen molar-refractivity contribution >= 4 is 40.9 Å². The summed E-state index contributed by atoms with van der Waals surface area (Å²) in [6.45, 7) is 8.26. The first-order chi connectivity index (χ1) is 17.1. The van der Waals surface area contributed by atoms with Crippen LogP contribution >= 0.6 is 22.9 Å². The molecular weight excluding hydrogens is 504 g/mol. The number of aromatic nitrogens is 3. The zero-order chi connectivity index (χ0) is 25.9. The molecule has 0 bridgehead atoms. The summed E-state index contributed by atoms with van der Waals surface area (Å²) in [5.74, 6) is 1.05. The quantitative estimate of drug-likeness (QED) is 0.400. The van der Waals surface area contributed by atoms with Crippen molar-refractivity contribution in [2.45, 2.75) is 58.3 Å². The van der Waals surface area contributed by atoms with E-state index in [4.69, 9.17) is 21.1 Å². The van der Waals surface area contributed by atoms with Crippen LogP contribution in [0.3, 0.4) is 0 Å². The fourth-order valence-electron chi connectivity index (χ4n) is 3.72. The molecular formula is C24H29ClN6O4S. The maximum absolute atomic E-state index is 12.6. The number of thiazole rings is 1. The number of benzene rings is 1. The Balaban J connectivity index is 1.32. The number of hydrogen-bond donors (Lipinski definition) is 3. The van der Waals surface area contributed by atoms with Gasteiger partial charge in [0.25, 0.3) is 0 Å². The van der Waals surface area contributed by atoms with E-state index in [1.54, 1.807) is 22.3 Å². The van der Waals surface area contributed by atoms with Crippen LogP contribution in [0.1, 0.15) is 45.7 Å². The highest BCUT2D eigenvalue weighted by atomic mass is 35.5. The Hall–Kier alpha value is -3.31. The largest absolute Gasteiger partial charge is 0.492 e. The number of fused-ring (bicyclic) bond motifs is 1. The zero-order valence-electron chi connectivity index (χ0n) is 20.5. The highest BCUT2D eigenvalue weighted by molar-refractivity contribution is 7.13. The number of nitrogens with one attached hydrogen (secondary N) is 3. The minimum absolute atomic E-state index is 0.185. The van der Waals surface area contributed by atoms with Crippen molar-refractivity contribution in [1.82, 2.24) is 25.4 Å². The van der Waals surface area contributed by atoms with Gasteiger partial charge in [-0.3, -0.25) is 10.00 Å². The van der Waals surface area contributed by atoms with Crippen LogP contribution in [0.15, 0.2) is 36.0 Å². The molecule has 1 aromatic carbocycles. The Morgan fingerprint density at radius 3 is 2.94 bits per heavy atom. The van der Waals surface area contributed by atoms with Gasteiger partial charge in [0.15, 0.2) is 0 Å². The van der Waals surface area contributed by atoms with E-state index in [1.807, 2.05) is 46.0 Å². The molecule has 0 radical (unpaired) electrons. The van der Waals surface area contributed by atoms with Gasteiger partial charge in [0.2, 0.25) is 0 Å². The molecule has 4 rings (SSSR count). The number of rotatable bonds is 6. The summed E-state index contributed by atoms with van der Waals surface area (Å²) < 4.78 is 12.7. The van der Waals surface area contributed by atoms with Crippen molar-refractivity contribution in [3.8, 4) is 16.3 Å². The second-order valence-electron chi connectivity index (χ2n) is 9.48. The van der Waals surface area contributed by atoms with Crippen molar-refractivity contribution in [2.75, 3.05) is 11.9 Å². The summed E-state index contributed by atoms with van der Waals surface area (Å²) in [5, 5.41) is 15.9. The van der Waals surface area contributed by atoms with Crippen LogP contribution < -0.4 is 20.7 Å². The first-order valence-electron chi connectivity index (χ1n) is 11.5. The molecule has 12 heteroatoms. The van der Waals surface area contributed by atoms with E-state index < -0.39 is 11.7 Å². The maximum Gasteiger partial charge on any atom is 0.407 e. The van der Waals surface area contributed by atoms with Crippen LogP contribution in [-0.2, 0) is 11.3 Å². The molecule has 36 heavy (non-hydrogen) atoms. The molecule has 1 aliphatic heterocycles. The van der Waals surface area contributed by atoms with Crippen molar-refractivity contribution in [3.05, 3.63) is 46.6 Å². The maximum atomic E-state index is 12.6. The lowest BCUT2D eigenvalue weighted by atomic mass is 10.0. The van der Waals surface area contributed by atoms with Crippen LogP contribution in [0.25, 0.3) is 10.6 Å². The first-order valence-corrected chi connectivity index (χ1v) is 12.8. The molecule has 192 valence electrons. The third kappa shape index (κ3) is 6.67. The molecule has 1 aliphatic rings. The molecule has 0 aliphatic carbocycles. The van der Waals surface area contributed by atoms with Gasteiger partial charge in [-0.2, -0.15) is 5.10 Å². The molecule has 3 N–H and O–H groups in total. The number of nitrogens with zero attached hydrogens (tertiary/aromatic N) is 3. The van der Waals surface area contributed by atoms with Gasteiger partial charge in [0.05, 0.1) is 30.4 Å². The molecule has 0 spiro atoms. The van der Waals surface area contributed by atoms with E-state index in [-0.39, 0.29) is 18.1 Å². The van der Waals surface area contributed by atoms with Crippen molar-refractivity contribution in [1.29, 1.82) is 0 Å². The topological polar surface area (TPSA) is 119 Å². The number of halogens is 1. The van der Waals surface area contributed by atoms with Gasteiger partial charge in [0, 0.05) is 35.2 Å². The summed E-state index contributed by atoms with van der Waals surface area (Å²) in [6.07, 6.45) is 3.72. The van der Waals surface area contributed by atoms with E-state index in [0.29, 0.717) is 41.2 Å². The number of ether oxygens (including phenoxy) is 2. The molecule has 3 amide bonds. The molecule has 0 saturated heterocycles. The lowest BCUT2D eigenvalue weighted by Crippen LogP contribution is -2.39. The molecule has 2 atom stereocenters. The fraction of sp³-hybridized carbons (Fsp3) is 0.417. The van der Waals surface area contributed by atoms with Crippen molar-refractivity contribution in [2.24, 2.45) is 0 Å². The number of carbonyl (C=O) groups excluding carboxylic acids is 2. The average molecular weight is 533 g/mol.